The van der Waals surface area contributed by atoms with Gasteiger partial charge >= 0.3 is 5.97 Å². The van der Waals surface area contributed by atoms with E-state index in [-0.39, 0.29) is 45.0 Å². The van der Waals surface area contributed by atoms with Gasteiger partial charge in [0, 0.05) is 24.4 Å². The average molecular weight is 812 g/mol. The second kappa shape index (κ2) is 27.7. The van der Waals surface area contributed by atoms with Gasteiger partial charge in [-0.3, -0.25) is 9.59 Å². The lowest BCUT2D eigenvalue weighted by Gasteiger charge is -2.19. The summed E-state index contributed by atoms with van der Waals surface area (Å²) in [5.74, 6) is -10.7. The van der Waals surface area contributed by atoms with E-state index in [9.17, 15) is 27.2 Å². The quantitative estimate of drug-likeness (QED) is 0.0238. The van der Waals surface area contributed by atoms with Crippen LogP contribution in [0.2, 0.25) is 0 Å². The van der Waals surface area contributed by atoms with Crippen molar-refractivity contribution >= 4 is 28.6 Å². The molecule has 0 spiro atoms. The standard InChI is InChI=1S/C41H57F4N3O9/c1-3-5-7-10-29-26-31-30(11-9-12-35(31)48-40(29)46)32(41(50)57-39-37(44)33(42)27-34(43)38(39)45)28-56-25-24-55-23-22-54-21-20-53-19-18-52-17-16-51-15-13-36(49)47-14-8-6-4-2/h9,11-12,26-27,32H,3-8,10,13-25,28H2,1-2H3,(H2,46,48)(H,47,49). The Hall–Kier alpha value is -3.93. The molecule has 0 radical (unpaired) electrons. The zero-order chi connectivity index (χ0) is 41.3. The maximum absolute atomic E-state index is 14.5. The molecule has 3 aromatic rings. The largest absolute Gasteiger partial charge is 0.419 e. The Kier molecular flexibility index (Phi) is 23.0. The lowest BCUT2D eigenvalue weighted by molar-refractivity contribution is -0.138. The molecule has 0 aliphatic heterocycles. The summed E-state index contributed by atoms with van der Waals surface area (Å²) in [6.45, 7) is 7.89. The van der Waals surface area contributed by atoms with E-state index >= 15 is 0 Å². The molecule has 1 atom stereocenters. The van der Waals surface area contributed by atoms with E-state index in [1.54, 1.807) is 18.2 Å². The van der Waals surface area contributed by atoms with Crippen LogP contribution >= 0.6 is 0 Å². The molecular formula is C41H57F4N3O9. The van der Waals surface area contributed by atoms with Gasteiger partial charge in [0.15, 0.2) is 11.6 Å². The van der Waals surface area contributed by atoms with Crippen molar-refractivity contribution in [2.75, 3.05) is 91.6 Å². The van der Waals surface area contributed by atoms with Gasteiger partial charge in [0.2, 0.25) is 23.3 Å². The summed E-state index contributed by atoms with van der Waals surface area (Å²) in [6.07, 6.45) is 7.01. The summed E-state index contributed by atoms with van der Waals surface area (Å²) >= 11 is 0. The van der Waals surface area contributed by atoms with Crippen LogP contribution in [-0.4, -0.2) is 103 Å². The molecule has 3 rings (SSSR count). The monoisotopic (exact) mass is 811 g/mol. The van der Waals surface area contributed by atoms with Gasteiger partial charge in [0.05, 0.1) is 84.8 Å². The van der Waals surface area contributed by atoms with E-state index in [0.717, 1.165) is 44.1 Å². The number of benzene rings is 2. The van der Waals surface area contributed by atoms with E-state index in [0.29, 0.717) is 87.9 Å². The van der Waals surface area contributed by atoms with Crippen molar-refractivity contribution < 1.29 is 60.3 Å². The van der Waals surface area contributed by atoms with Crippen LogP contribution in [0.5, 0.6) is 5.75 Å². The fraction of sp³-hybridized carbons (Fsp3) is 0.585. The maximum atomic E-state index is 14.5. The number of unbranched alkanes of at least 4 members (excludes halogenated alkanes) is 4. The van der Waals surface area contributed by atoms with Crippen LogP contribution in [0, 0.1) is 23.3 Å². The van der Waals surface area contributed by atoms with Crippen molar-refractivity contribution in [2.45, 2.75) is 71.1 Å². The summed E-state index contributed by atoms with van der Waals surface area (Å²) in [4.78, 5) is 29.7. The Morgan fingerprint density at radius 2 is 1.26 bits per heavy atom. The molecule has 0 aliphatic rings. The Morgan fingerprint density at radius 3 is 1.84 bits per heavy atom. The zero-order valence-electron chi connectivity index (χ0n) is 33.0. The number of nitrogens with two attached hydrogens (primary N) is 1. The van der Waals surface area contributed by atoms with E-state index < -0.39 is 40.9 Å². The van der Waals surface area contributed by atoms with Crippen LogP contribution in [0.4, 0.5) is 23.4 Å². The molecule has 0 fully saturated rings. The highest BCUT2D eigenvalue weighted by molar-refractivity contribution is 5.91. The number of carbonyl (C=O) groups excluding carboxylic acids is 2. The van der Waals surface area contributed by atoms with Crippen LogP contribution in [-0.2, 0) is 44.4 Å². The van der Waals surface area contributed by atoms with E-state index in [4.69, 9.17) is 38.9 Å². The van der Waals surface area contributed by atoms with Crippen LogP contribution in [0.25, 0.3) is 10.9 Å². The Balaban J connectivity index is 1.38. The first-order chi connectivity index (χ1) is 27.7. The normalized spacial score (nSPS) is 12.0. The summed E-state index contributed by atoms with van der Waals surface area (Å²) in [5.41, 5.74) is 7.81. The lowest BCUT2D eigenvalue weighted by atomic mass is 9.94. The average Bonchev–Trinajstić information content (AvgIpc) is 3.19. The van der Waals surface area contributed by atoms with E-state index in [1.165, 1.54) is 0 Å². The topological polar surface area (TPSA) is 150 Å². The number of aromatic nitrogens is 1. The summed E-state index contributed by atoms with van der Waals surface area (Å²) in [6, 6.07) is 6.79. The van der Waals surface area contributed by atoms with Gasteiger partial charge in [0.25, 0.3) is 0 Å². The van der Waals surface area contributed by atoms with Crippen molar-refractivity contribution in [2.24, 2.45) is 0 Å². The van der Waals surface area contributed by atoms with Gasteiger partial charge in [-0.1, -0.05) is 51.7 Å². The number of aryl methyl sites for hydroxylation is 1. The summed E-state index contributed by atoms with van der Waals surface area (Å²) in [5, 5.41) is 3.41. The van der Waals surface area contributed by atoms with Gasteiger partial charge in [-0.15, -0.1) is 0 Å². The SMILES string of the molecule is CCCCCNC(=O)CCOCCOCCOCCOCCOCCOCC(C(=O)Oc1c(F)c(F)cc(F)c1F)c1cccc2nc(N)c(CCCCC)cc12. The minimum Gasteiger partial charge on any atom is -0.419 e. The number of ether oxygens (including phenoxy) is 7. The smallest absolute Gasteiger partial charge is 0.321 e. The molecule has 318 valence electrons. The summed E-state index contributed by atoms with van der Waals surface area (Å²) in [7, 11) is 0. The number of anilines is 1. The van der Waals surface area contributed by atoms with Crippen molar-refractivity contribution in [3.8, 4) is 5.75 Å². The molecule has 1 heterocycles. The van der Waals surface area contributed by atoms with Gasteiger partial charge in [-0.2, -0.15) is 8.78 Å². The van der Waals surface area contributed by atoms with Gasteiger partial charge in [-0.05, 0) is 42.5 Å². The van der Waals surface area contributed by atoms with E-state index in [1.807, 2.05) is 6.07 Å². The van der Waals surface area contributed by atoms with Crippen LogP contribution < -0.4 is 15.8 Å². The maximum Gasteiger partial charge on any atom is 0.321 e. The molecule has 2 aromatic carbocycles. The second-order valence-electron chi connectivity index (χ2n) is 13.1. The van der Waals surface area contributed by atoms with Crippen LogP contribution in [0.3, 0.4) is 0 Å². The predicted octanol–water partition coefficient (Wildman–Crippen LogP) is 6.59. The predicted molar refractivity (Wildman–Crippen MR) is 206 cm³/mol. The molecule has 0 bridgehead atoms. The van der Waals surface area contributed by atoms with Crippen molar-refractivity contribution in [3.05, 3.63) is 64.7 Å². The van der Waals surface area contributed by atoms with Crippen molar-refractivity contribution in [1.29, 1.82) is 0 Å². The number of hydrogen-bond donors (Lipinski definition) is 2. The number of carbonyl (C=O) groups is 2. The number of nitrogen functional groups attached to an aromatic ring is 1. The number of hydrogen-bond acceptors (Lipinski definition) is 11. The summed E-state index contributed by atoms with van der Waals surface area (Å²) < 4.78 is 95.0. The number of nitrogens with zero attached hydrogens (tertiary/aromatic N) is 1. The molecule has 3 N–H and O–H groups in total. The van der Waals surface area contributed by atoms with Gasteiger partial charge in [0.1, 0.15) is 11.7 Å². The Labute approximate surface area is 332 Å². The van der Waals surface area contributed by atoms with E-state index in [2.05, 4.69) is 24.1 Å². The number of pyridine rings is 1. The Bertz CT molecular complexity index is 1630. The van der Waals surface area contributed by atoms with Gasteiger partial charge in [-0.25, -0.2) is 13.8 Å². The van der Waals surface area contributed by atoms with Crippen LogP contribution in [0.15, 0.2) is 30.3 Å². The lowest BCUT2D eigenvalue weighted by Crippen LogP contribution is -2.25. The Morgan fingerprint density at radius 1 is 0.719 bits per heavy atom. The third-order valence-electron chi connectivity index (χ3n) is 8.71. The third-order valence-corrected chi connectivity index (χ3v) is 8.71. The zero-order valence-corrected chi connectivity index (χ0v) is 33.0. The number of rotatable bonds is 31. The third kappa shape index (κ3) is 17.2. The number of nitrogens with one attached hydrogen (secondary N) is 1. The molecule has 12 nitrogen and oxygen atoms in total. The number of amides is 1. The molecule has 57 heavy (non-hydrogen) atoms. The highest BCUT2D eigenvalue weighted by Gasteiger charge is 2.30. The van der Waals surface area contributed by atoms with Crippen molar-refractivity contribution in [1.82, 2.24) is 10.3 Å². The highest BCUT2D eigenvalue weighted by Crippen LogP contribution is 2.32. The number of esters is 1. The minimum absolute atomic E-state index is 0.00972. The van der Waals surface area contributed by atoms with Crippen LogP contribution in [0.1, 0.15) is 75.8 Å². The minimum atomic E-state index is -1.84. The second-order valence-corrected chi connectivity index (χ2v) is 13.1. The first-order valence-corrected chi connectivity index (χ1v) is 19.6. The fourth-order valence-corrected chi connectivity index (χ4v) is 5.60. The highest BCUT2D eigenvalue weighted by atomic mass is 19.2. The van der Waals surface area contributed by atoms with Crippen molar-refractivity contribution in [3.63, 3.8) is 0 Å². The molecule has 1 amide bonds. The number of fused-ring (bicyclic) bond motifs is 1. The molecule has 0 aliphatic carbocycles. The van der Waals surface area contributed by atoms with Gasteiger partial charge < -0.3 is 44.2 Å². The first kappa shape index (κ1) is 47.4. The molecular weight excluding hydrogens is 754 g/mol. The molecule has 1 unspecified atom stereocenters. The first-order valence-electron chi connectivity index (χ1n) is 19.6. The number of halogens is 4. The fourth-order valence-electron chi connectivity index (χ4n) is 5.60. The molecule has 0 saturated heterocycles. The molecule has 1 aromatic heterocycles. The molecule has 0 saturated carbocycles. The molecule has 16 heteroatoms.